The molecule has 46 heavy (non-hydrogen) atoms. The van der Waals surface area contributed by atoms with Crippen LogP contribution in [0.3, 0.4) is 0 Å². The number of esters is 1. The van der Waals surface area contributed by atoms with Gasteiger partial charge >= 0.3 is 12.0 Å². The van der Waals surface area contributed by atoms with Gasteiger partial charge in [0.1, 0.15) is 13.2 Å². The molecule has 13 heteroatoms. The van der Waals surface area contributed by atoms with Crippen molar-refractivity contribution < 1.29 is 38.4 Å². The summed E-state index contributed by atoms with van der Waals surface area (Å²) in [7, 11) is 2.80. The molecule has 3 aromatic carbocycles. The smallest absolute Gasteiger partial charge is 0.337 e. The number of urea groups is 1. The van der Waals surface area contributed by atoms with Crippen LogP contribution in [0.25, 0.3) is 0 Å². The summed E-state index contributed by atoms with van der Waals surface area (Å²) in [4.78, 5) is 24.6. The Morgan fingerprint density at radius 2 is 1.78 bits per heavy atom. The number of amides is 2. The molecule has 0 saturated carbocycles. The Kier molecular flexibility index (Phi) is 11.4. The number of allylic oxidation sites excluding steroid dienone is 1. The molecule has 4 rings (SSSR count). The topological polar surface area (TPSA) is 173 Å². The lowest BCUT2D eigenvalue weighted by Crippen LogP contribution is -2.45. The zero-order valence-electron chi connectivity index (χ0n) is 25.8. The highest BCUT2D eigenvalue weighted by Crippen LogP contribution is 2.35. The van der Waals surface area contributed by atoms with Gasteiger partial charge in [0.25, 0.3) is 0 Å². The van der Waals surface area contributed by atoms with Crippen molar-refractivity contribution in [2.24, 2.45) is 5.10 Å². The highest BCUT2D eigenvalue weighted by atomic mass is 16.5. The van der Waals surface area contributed by atoms with Gasteiger partial charge in [0.2, 0.25) is 0 Å². The molecule has 2 amide bonds. The third kappa shape index (κ3) is 8.46. The van der Waals surface area contributed by atoms with Crippen molar-refractivity contribution >= 4 is 18.2 Å². The molecule has 2 atom stereocenters. The van der Waals surface area contributed by atoms with Crippen molar-refractivity contribution in [1.29, 1.82) is 5.26 Å². The lowest BCUT2D eigenvalue weighted by molar-refractivity contribution is -0.136. The van der Waals surface area contributed by atoms with Gasteiger partial charge in [-0.1, -0.05) is 18.2 Å². The fourth-order valence-electron chi connectivity index (χ4n) is 4.54. The van der Waals surface area contributed by atoms with Crippen LogP contribution in [-0.4, -0.2) is 57.0 Å². The molecule has 4 N–H and O–H groups in total. The first-order valence-corrected chi connectivity index (χ1v) is 14.3. The summed E-state index contributed by atoms with van der Waals surface area (Å²) in [6, 6.07) is 18.2. The maximum Gasteiger partial charge on any atom is 0.337 e. The summed E-state index contributed by atoms with van der Waals surface area (Å²) in [5, 5.41) is 28.8. The number of hydrogen-bond acceptors (Lipinski definition) is 11. The Balaban J connectivity index is 1.35. The van der Waals surface area contributed by atoms with E-state index in [1.165, 1.54) is 20.4 Å². The van der Waals surface area contributed by atoms with Crippen LogP contribution < -0.4 is 35.0 Å². The van der Waals surface area contributed by atoms with Gasteiger partial charge in [0.05, 0.1) is 50.3 Å². The van der Waals surface area contributed by atoms with Crippen LogP contribution in [0.15, 0.2) is 77.0 Å². The summed E-state index contributed by atoms with van der Waals surface area (Å²) < 4.78 is 27.8. The number of methoxy groups -OCH3 is 2. The molecule has 0 radical (unpaired) electrons. The van der Waals surface area contributed by atoms with Crippen LogP contribution in [-0.2, 0) is 16.1 Å². The number of benzene rings is 3. The number of hydrogen-bond donors (Lipinski definition) is 4. The van der Waals surface area contributed by atoms with Crippen LogP contribution in [0.1, 0.15) is 42.1 Å². The van der Waals surface area contributed by atoms with Gasteiger partial charge in [-0.2, -0.15) is 10.4 Å². The number of carbonyl (C=O) groups is 2. The van der Waals surface area contributed by atoms with Crippen molar-refractivity contribution in [2.45, 2.75) is 32.7 Å². The van der Waals surface area contributed by atoms with Gasteiger partial charge in [-0.15, -0.1) is 0 Å². The molecule has 1 aliphatic rings. The van der Waals surface area contributed by atoms with Gasteiger partial charge in [-0.05, 0) is 73.0 Å². The molecule has 240 valence electrons. The molecule has 13 nitrogen and oxygen atoms in total. The standard InChI is InChI=1S/C33H35N5O8/c1-5-44-28-15-24(31-30(32(40)43-4)20(2)36-33(41)37-31)11-13-26(28)46-19-29(39)38-35-17-23-10-12-25(27(14-23)42-3)45-18-22-8-6-21(16-34)7-9-22/h6-15,17,29,31,38-39H,5,18-19H2,1-4H3,(H2,36,37,41)/b35-17+/t29-,31+/m1/s1. The molecule has 0 bridgehead atoms. The number of carbonyl (C=O) groups excluding carboxylic acids is 2. The van der Waals surface area contributed by atoms with Crippen molar-refractivity contribution in [3.8, 4) is 29.1 Å². The highest BCUT2D eigenvalue weighted by molar-refractivity contribution is 5.95. The van der Waals surface area contributed by atoms with E-state index in [2.05, 4.69) is 27.2 Å². The number of aliphatic hydroxyl groups is 1. The Hall–Kier alpha value is -5.74. The van der Waals surface area contributed by atoms with E-state index in [4.69, 9.17) is 28.9 Å². The largest absolute Gasteiger partial charge is 0.493 e. The van der Waals surface area contributed by atoms with E-state index in [1.807, 2.05) is 12.1 Å². The summed E-state index contributed by atoms with van der Waals surface area (Å²) in [6.07, 6.45) is 0.348. The first kappa shape index (κ1) is 33.2. The summed E-state index contributed by atoms with van der Waals surface area (Å²) >= 11 is 0. The van der Waals surface area contributed by atoms with E-state index in [0.29, 0.717) is 58.6 Å². The summed E-state index contributed by atoms with van der Waals surface area (Å²) in [5.41, 5.74) is 6.02. The number of ether oxygens (including phenoxy) is 5. The SMILES string of the molecule is CCOc1cc([C@@H]2NC(=O)NC(C)=C2C(=O)OC)ccc1OC[C@@H](O)N/N=C/c1ccc(OCc2ccc(C#N)cc2)c(OC)c1. The van der Waals surface area contributed by atoms with E-state index >= 15 is 0 Å². The van der Waals surface area contributed by atoms with Crippen molar-refractivity contribution in [2.75, 3.05) is 27.4 Å². The molecule has 0 saturated heterocycles. The van der Waals surface area contributed by atoms with Crippen LogP contribution in [0.2, 0.25) is 0 Å². The van der Waals surface area contributed by atoms with E-state index in [-0.39, 0.29) is 12.2 Å². The Morgan fingerprint density at radius 3 is 2.48 bits per heavy atom. The maximum absolute atomic E-state index is 12.4. The monoisotopic (exact) mass is 629 g/mol. The number of hydrazone groups is 1. The van der Waals surface area contributed by atoms with Gasteiger partial charge in [-0.3, -0.25) is 5.43 Å². The zero-order chi connectivity index (χ0) is 33.1. The number of nitrogens with zero attached hydrogens (tertiary/aromatic N) is 2. The zero-order valence-corrected chi connectivity index (χ0v) is 25.8. The van der Waals surface area contributed by atoms with E-state index in [0.717, 1.165) is 5.56 Å². The third-order valence-electron chi connectivity index (χ3n) is 6.77. The summed E-state index contributed by atoms with van der Waals surface area (Å²) in [5.74, 6) is 1.17. The number of rotatable bonds is 14. The quantitative estimate of drug-likeness (QED) is 0.0892. The lowest BCUT2D eigenvalue weighted by atomic mass is 9.95. The van der Waals surface area contributed by atoms with Crippen LogP contribution in [0.4, 0.5) is 4.79 Å². The van der Waals surface area contributed by atoms with Crippen LogP contribution in [0, 0.1) is 11.3 Å². The second-order valence-electron chi connectivity index (χ2n) is 9.92. The van der Waals surface area contributed by atoms with Crippen LogP contribution in [0.5, 0.6) is 23.0 Å². The minimum atomic E-state index is -1.16. The van der Waals surface area contributed by atoms with Crippen LogP contribution >= 0.6 is 0 Å². The molecule has 0 spiro atoms. The highest BCUT2D eigenvalue weighted by Gasteiger charge is 2.32. The van der Waals surface area contributed by atoms with E-state index in [9.17, 15) is 14.7 Å². The average molecular weight is 630 g/mol. The normalized spacial score (nSPS) is 14.9. The van der Waals surface area contributed by atoms with Gasteiger partial charge in [0.15, 0.2) is 29.2 Å². The second-order valence-corrected chi connectivity index (χ2v) is 9.92. The molecular weight excluding hydrogens is 594 g/mol. The Morgan fingerprint density at radius 1 is 1.04 bits per heavy atom. The third-order valence-corrected chi connectivity index (χ3v) is 6.77. The minimum absolute atomic E-state index is 0.168. The fraction of sp³-hybridized carbons (Fsp3) is 0.273. The maximum atomic E-state index is 12.4. The minimum Gasteiger partial charge on any atom is -0.493 e. The first-order valence-electron chi connectivity index (χ1n) is 14.3. The molecule has 3 aromatic rings. The predicted molar refractivity (Wildman–Crippen MR) is 167 cm³/mol. The van der Waals surface area contributed by atoms with Crippen molar-refractivity contribution in [1.82, 2.24) is 16.1 Å². The molecular formula is C33H35N5O8. The molecule has 1 heterocycles. The number of nitrogens with one attached hydrogen (secondary N) is 3. The average Bonchev–Trinajstić information content (AvgIpc) is 3.06. The van der Waals surface area contributed by atoms with Gasteiger partial charge in [0, 0.05) is 5.70 Å². The Bertz CT molecular complexity index is 1650. The molecule has 0 aliphatic carbocycles. The van der Waals surface area contributed by atoms with Crippen molar-refractivity contribution in [3.05, 3.63) is 94.2 Å². The van der Waals surface area contributed by atoms with Gasteiger partial charge < -0.3 is 39.4 Å². The molecule has 0 unspecified atom stereocenters. The Labute approximate surface area is 266 Å². The molecule has 0 aromatic heterocycles. The predicted octanol–water partition coefficient (Wildman–Crippen LogP) is 3.67. The number of aliphatic hydroxyl groups excluding tert-OH is 1. The fourth-order valence-corrected chi connectivity index (χ4v) is 4.54. The van der Waals surface area contributed by atoms with Gasteiger partial charge in [-0.25, -0.2) is 9.59 Å². The second kappa shape index (κ2) is 15.8. The molecule has 0 fully saturated rings. The van der Waals surface area contributed by atoms with Crippen molar-refractivity contribution in [3.63, 3.8) is 0 Å². The van der Waals surface area contributed by atoms with E-state index < -0.39 is 24.3 Å². The number of nitriles is 1. The molecule has 1 aliphatic heterocycles. The summed E-state index contributed by atoms with van der Waals surface area (Å²) in [6.45, 7) is 3.89. The lowest BCUT2D eigenvalue weighted by Gasteiger charge is -2.28. The first-order chi connectivity index (χ1) is 22.3. The van der Waals surface area contributed by atoms with E-state index in [1.54, 1.807) is 62.4 Å².